The molecule has 1 fully saturated rings. The fraction of sp³-hybridized carbons (Fsp3) is 0.333. The lowest BCUT2D eigenvalue weighted by Gasteiger charge is -2.25. The third-order valence-corrected chi connectivity index (χ3v) is 9.02. The molecule has 4 nitrogen and oxygen atoms in total. The van der Waals surface area contributed by atoms with Crippen LogP contribution in [0.5, 0.6) is 0 Å². The van der Waals surface area contributed by atoms with Crippen LogP contribution < -0.4 is 0 Å². The van der Waals surface area contributed by atoms with Gasteiger partial charge in [-0.05, 0) is 102 Å². The lowest BCUT2D eigenvalue weighted by atomic mass is 9.81. The first-order valence-electron chi connectivity index (χ1n) is 14.8. The monoisotopic (exact) mass is 545 g/mol. The van der Waals surface area contributed by atoms with Gasteiger partial charge in [-0.3, -0.25) is 9.78 Å². The van der Waals surface area contributed by atoms with E-state index >= 15 is 0 Å². The number of allylic oxidation sites excluding steroid dienone is 3. The van der Waals surface area contributed by atoms with E-state index in [4.69, 9.17) is 10.8 Å². The molecule has 0 aliphatic heterocycles. The van der Waals surface area contributed by atoms with Crippen LogP contribution in [0.15, 0.2) is 72.4 Å². The number of ketones is 1. The van der Waals surface area contributed by atoms with E-state index in [1.807, 2.05) is 13.1 Å². The molecule has 3 aliphatic carbocycles. The maximum Gasteiger partial charge on any atom is 0.202 e. The number of aromatic nitrogens is 1. The Bertz CT molecular complexity index is 1580. The fourth-order valence-electron chi connectivity index (χ4n) is 6.45. The first-order chi connectivity index (χ1) is 19.8. The molecular formula is C36H36FN3O. The Morgan fingerprint density at radius 2 is 1.73 bits per heavy atom. The summed E-state index contributed by atoms with van der Waals surface area (Å²) in [6.45, 7) is 3.98. The van der Waals surface area contributed by atoms with Crippen LogP contribution in [0.2, 0.25) is 0 Å². The van der Waals surface area contributed by atoms with Crippen molar-refractivity contribution >= 4 is 28.9 Å². The van der Waals surface area contributed by atoms with E-state index < -0.39 is 5.92 Å². The Morgan fingerprint density at radius 1 is 1.00 bits per heavy atom. The number of hydrogen-bond donors (Lipinski definition) is 2. The van der Waals surface area contributed by atoms with E-state index in [1.165, 1.54) is 36.1 Å². The molecular weight excluding hydrogens is 509 g/mol. The molecule has 6 rings (SSSR count). The number of Topliss-reactive ketones (excluding diaryl/α,β-unsaturated/α-hetero) is 1. The molecule has 208 valence electrons. The Morgan fingerprint density at radius 3 is 2.44 bits per heavy atom. The zero-order valence-corrected chi connectivity index (χ0v) is 23.7. The van der Waals surface area contributed by atoms with E-state index in [9.17, 15) is 9.18 Å². The summed E-state index contributed by atoms with van der Waals surface area (Å²) in [6.07, 6.45) is 11.5. The predicted molar refractivity (Wildman–Crippen MR) is 163 cm³/mol. The van der Waals surface area contributed by atoms with Crippen molar-refractivity contribution in [2.45, 2.75) is 70.1 Å². The molecule has 0 radical (unpaired) electrons. The van der Waals surface area contributed by atoms with Crippen LogP contribution in [0.3, 0.4) is 0 Å². The van der Waals surface area contributed by atoms with Crippen LogP contribution in [-0.2, 0) is 11.2 Å². The van der Waals surface area contributed by atoms with Crippen LogP contribution in [-0.4, -0.2) is 22.2 Å². The summed E-state index contributed by atoms with van der Waals surface area (Å²) in [7, 11) is 0. The largest absolute Gasteiger partial charge is 0.304 e. The van der Waals surface area contributed by atoms with Crippen LogP contribution >= 0.6 is 0 Å². The van der Waals surface area contributed by atoms with Gasteiger partial charge >= 0.3 is 0 Å². The molecule has 1 unspecified atom stereocenters. The summed E-state index contributed by atoms with van der Waals surface area (Å²) in [4.78, 5) is 18.1. The normalized spacial score (nSPS) is 21.3. The molecule has 0 saturated heterocycles. The number of fused-ring (bicyclic) bond motifs is 1. The van der Waals surface area contributed by atoms with Crippen molar-refractivity contribution in [1.82, 2.24) is 4.98 Å². The van der Waals surface area contributed by atoms with E-state index in [2.05, 4.69) is 54.4 Å². The smallest absolute Gasteiger partial charge is 0.202 e. The lowest BCUT2D eigenvalue weighted by molar-refractivity contribution is -0.110. The van der Waals surface area contributed by atoms with Crippen molar-refractivity contribution in [2.75, 3.05) is 0 Å². The average molecular weight is 546 g/mol. The van der Waals surface area contributed by atoms with Crippen molar-refractivity contribution in [2.24, 2.45) is 5.92 Å². The molecule has 1 saturated carbocycles. The second kappa shape index (κ2) is 11.1. The minimum Gasteiger partial charge on any atom is -0.304 e. The topological polar surface area (TPSA) is 77.7 Å². The molecule has 5 heteroatoms. The maximum atomic E-state index is 13.4. The minimum absolute atomic E-state index is 0.0496. The molecule has 1 heterocycles. The summed E-state index contributed by atoms with van der Waals surface area (Å²) in [6, 6.07) is 16.9. The van der Waals surface area contributed by atoms with Crippen molar-refractivity contribution < 1.29 is 9.18 Å². The maximum absolute atomic E-state index is 13.4. The summed E-state index contributed by atoms with van der Waals surface area (Å²) < 4.78 is 13.4. The number of carbonyl (C=O) groups is 1. The molecule has 2 aromatic carbocycles. The number of nitrogens with zero attached hydrogens (tertiary/aromatic N) is 1. The Kier molecular flexibility index (Phi) is 7.37. The van der Waals surface area contributed by atoms with Gasteiger partial charge in [-0.2, -0.15) is 0 Å². The van der Waals surface area contributed by atoms with Gasteiger partial charge < -0.3 is 10.8 Å². The van der Waals surface area contributed by atoms with Crippen LogP contribution in [0.1, 0.15) is 97.2 Å². The SMILES string of the molecule is C[C@H](C(=N)C(=O)C1=C[C@H](C)CC(c2ccnc3c2C=C(c2ccc(C4CC4)cc2)C(=N)C3)CC1)c1ccc(F)cc1. The van der Waals surface area contributed by atoms with Crippen molar-refractivity contribution in [3.05, 3.63) is 112 Å². The van der Waals surface area contributed by atoms with Gasteiger partial charge in [-0.25, -0.2) is 4.39 Å². The lowest BCUT2D eigenvalue weighted by Crippen LogP contribution is -2.21. The third-order valence-electron chi connectivity index (χ3n) is 9.02. The highest BCUT2D eigenvalue weighted by molar-refractivity contribution is 6.46. The number of hydrogen-bond acceptors (Lipinski definition) is 4. The highest BCUT2D eigenvalue weighted by atomic mass is 19.1. The summed E-state index contributed by atoms with van der Waals surface area (Å²) in [5, 5.41) is 17.4. The second-order valence-corrected chi connectivity index (χ2v) is 12.0. The van der Waals surface area contributed by atoms with Crippen molar-refractivity contribution in [3.63, 3.8) is 0 Å². The van der Waals surface area contributed by atoms with Crippen molar-refractivity contribution in [1.29, 1.82) is 10.8 Å². The molecule has 3 aliphatic rings. The molecule has 41 heavy (non-hydrogen) atoms. The zero-order chi connectivity index (χ0) is 28.7. The molecule has 0 amide bonds. The van der Waals surface area contributed by atoms with E-state index in [-0.39, 0.29) is 29.1 Å². The highest BCUT2D eigenvalue weighted by Crippen LogP contribution is 2.42. The predicted octanol–water partition coefficient (Wildman–Crippen LogP) is 8.44. The van der Waals surface area contributed by atoms with Crippen LogP contribution in [0, 0.1) is 22.6 Å². The van der Waals surface area contributed by atoms with Gasteiger partial charge in [0.2, 0.25) is 5.78 Å². The van der Waals surface area contributed by atoms with Gasteiger partial charge in [0, 0.05) is 35.4 Å². The van der Waals surface area contributed by atoms with Gasteiger partial charge in [0.05, 0.1) is 11.4 Å². The Hall–Kier alpha value is -3.99. The Balaban J connectivity index is 1.22. The first-order valence-corrected chi connectivity index (χ1v) is 14.8. The molecule has 3 aromatic rings. The Labute approximate surface area is 241 Å². The van der Waals surface area contributed by atoms with Gasteiger partial charge in [-0.15, -0.1) is 0 Å². The van der Waals surface area contributed by atoms with E-state index in [0.717, 1.165) is 40.8 Å². The van der Waals surface area contributed by atoms with Crippen molar-refractivity contribution in [3.8, 4) is 0 Å². The van der Waals surface area contributed by atoms with Crippen LogP contribution in [0.25, 0.3) is 11.6 Å². The fourth-order valence-corrected chi connectivity index (χ4v) is 6.45. The van der Waals surface area contributed by atoms with Gasteiger partial charge in [0.15, 0.2) is 0 Å². The molecule has 3 atom stereocenters. The van der Waals surface area contributed by atoms with E-state index in [0.29, 0.717) is 30.0 Å². The minimum atomic E-state index is -0.400. The molecule has 0 spiro atoms. The number of halogens is 1. The molecule has 2 N–H and O–H groups in total. The van der Waals surface area contributed by atoms with Crippen LogP contribution in [0.4, 0.5) is 4.39 Å². The standard InChI is InChI=1S/C36H36FN3O/c1-21-17-27(9-10-28(18-21)36(41)35(39)22(2)23-11-13-29(37)14-12-23)30-15-16-40-34-20-33(38)31(19-32(30)34)26-7-5-25(6-8-26)24-3-4-24/h5-8,11-16,18-19,21-22,24,27,38-39H,3-4,9-10,17,20H2,1-2H3/t21-,22+,27?/m1/s1. The van der Waals surface area contributed by atoms with Gasteiger partial charge in [0.1, 0.15) is 5.82 Å². The summed E-state index contributed by atoms with van der Waals surface area (Å²) in [5.41, 5.74) is 8.86. The summed E-state index contributed by atoms with van der Waals surface area (Å²) >= 11 is 0. The number of pyridine rings is 1. The zero-order valence-electron chi connectivity index (χ0n) is 23.7. The number of rotatable bonds is 7. The summed E-state index contributed by atoms with van der Waals surface area (Å²) in [5.74, 6) is 0.194. The molecule has 1 aromatic heterocycles. The first kappa shape index (κ1) is 27.2. The molecule has 0 bridgehead atoms. The number of carbonyl (C=O) groups excluding carboxylic acids is 1. The van der Waals surface area contributed by atoms with Gasteiger partial charge in [-0.1, -0.05) is 56.3 Å². The highest BCUT2D eigenvalue weighted by Gasteiger charge is 2.29. The average Bonchev–Trinajstić information content (AvgIpc) is 3.84. The van der Waals surface area contributed by atoms with E-state index in [1.54, 1.807) is 12.1 Å². The number of benzene rings is 2. The quantitative estimate of drug-likeness (QED) is 0.292. The second-order valence-electron chi connectivity index (χ2n) is 12.0. The number of nitrogens with one attached hydrogen (secondary N) is 2. The van der Waals surface area contributed by atoms with Gasteiger partial charge in [0.25, 0.3) is 0 Å². The third kappa shape index (κ3) is 5.63.